The maximum atomic E-state index is 5.52. The molecule has 10 aromatic rings. The van der Waals surface area contributed by atoms with E-state index in [2.05, 4.69) is 197 Å². The Morgan fingerprint density at radius 2 is 1.19 bits per heavy atom. The summed E-state index contributed by atoms with van der Waals surface area (Å²) in [7, 11) is 0. The number of fused-ring (bicyclic) bond motifs is 8. The van der Waals surface area contributed by atoms with Gasteiger partial charge in [0.2, 0.25) is 0 Å². The van der Waals surface area contributed by atoms with Gasteiger partial charge in [-0.05, 0) is 82.9 Å². The number of H-pyrrole nitrogens is 1. The molecule has 0 unspecified atom stereocenters. The molecule has 0 saturated carbocycles. The van der Waals surface area contributed by atoms with E-state index in [-0.39, 0.29) is 5.41 Å². The second kappa shape index (κ2) is 11.1. The van der Waals surface area contributed by atoms with Crippen LogP contribution in [0.4, 0.5) is 11.4 Å². The Balaban J connectivity index is 1.18. The van der Waals surface area contributed by atoms with Gasteiger partial charge in [-0.1, -0.05) is 117 Å². The SMILES string of the molecule is CC1(C)c2ccccc2Nc2ccc(-c3cccc(-n4c(-c5ccccc5)nc5c4c4cc6[nH]c7ccccc7c6cc4n5-c4ccccc4)c3)cc21. The number of benzene rings is 7. The lowest BCUT2D eigenvalue weighted by Crippen LogP contribution is -2.25. The highest BCUT2D eigenvalue weighted by Gasteiger charge is 2.32. The predicted molar refractivity (Wildman–Crippen MR) is 220 cm³/mol. The number of anilines is 2. The zero-order valence-corrected chi connectivity index (χ0v) is 29.4. The van der Waals surface area contributed by atoms with Crippen molar-refractivity contribution in [3.8, 4) is 33.9 Å². The van der Waals surface area contributed by atoms with Crippen molar-refractivity contribution < 1.29 is 0 Å². The summed E-state index contributed by atoms with van der Waals surface area (Å²) in [4.78, 5) is 9.22. The third-order valence-corrected chi connectivity index (χ3v) is 11.2. The molecule has 0 aliphatic carbocycles. The molecule has 1 aliphatic heterocycles. The lowest BCUT2D eigenvalue weighted by molar-refractivity contribution is 0.638. The fourth-order valence-corrected chi connectivity index (χ4v) is 8.65. The summed E-state index contributed by atoms with van der Waals surface area (Å²) in [6.45, 7) is 4.65. The number of aromatic nitrogens is 4. The summed E-state index contributed by atoms with van der Waals surface area (Å²) in [5, 5.41) is 7.25. The van der Waals surface area contributed by atoms with E-state index in [9.17, 15) is 0 Å². The molecule has 2 N–H and O–H groups in total. The second-order valence-electron chi connectivity index (χ2n) is 14.7. The molecular formula is C48H35N5. The average molecular weight is 682 g/mol. The monoisotopic (exact) mass is 681 g/mol. The number of imidazole rings is 1. The summed E-state index contributed by atoms with van der Waals surface area (Å²) in [6.07, 6.45) is 0. The van der Waals surface area contributed by atoms with Crippen molar-refractivity contribution in [2.24, 2.45) is 0 Å². The summed E-state index contributed by atoms with van der Waals surface area (Å²) in [5.41, 5.74) is 15.7. The summed E-state index contributed by atoms with van der Waals surface area (Å²) in [5.74, 6) is 0.906. The molecule has 0 fully saturated rings. The third kappa shape index (κ3) is 4.40. The van der Waals surface area contributed by atoms with Crippen LogP contribution in [0.2, 0.25) is 0 Å². The number of hydrogen-bond donors (Lipinski definition) is 2. The van der Waals surface area contributed by atoms with Crippen LogP contribution >= 0.6 is 0 Å². The first kappa shape index (κ1) is 29.8. The molecule has 0 bridgehead atoms. The molecule has 5 nitrogen and oxygen atoms in total. The van der Waals surface area contributed by atoms with Crippen LogP contribution in [0.3, 0.4) is 0 Å². The van der Waals surface area contributed by atoms with E-state index < -0.39 is 0 Å². The van der Waals surface area contributed by atoms with Gasteiger partial charge in [0.15, 0.2) is 5.65 Å². The van der Waals surface area contributed by atoms with Crippen LogP contribution in [0.15, 0.2) is 164 Å². The molecule has 7 aromatic carbocycles. The van der Waals surface area contributed by atoms with E-state index in [1.807, 2.05) is 0 Å². The molecule has 0 atom stereocenters. The highest BCUT2D eigenvalue weighted by Crippen LogP contribution is 2.47. The Bertz CT molecular complexity index is 3050. The lowest BCUT2D eigenvalue weighted by atomic mass is 9.73. The van der Waals surface area contributed by atoms with Crippen molar-refractivity contribution in [2.75, 3.05) is 5.32 Å². The minimum absolute atomic E-state index is 0.144. The van der Waals surface area contributed by atoms with Crippen LogP contribution in [-0.4, -0.2) is 19.1 Å². The largest absolute Gasteiger partial charge is 0.355 e. The smallest absolute Gasteiger partial charge is 0.165 e. The van der Waals surface area contributed by atoms with Gasteiger partial charge in [-0.15, -0.1) is 0 Å². The van der Waals surface area contributed by atoms with Crippen LogP contribution in [0, 0.1) is 0 Å². The molecule has 53 heavy (non-hydrogen) atoms. The molecule has 5 heteroatoms. The van der Waals surface area contributed by atoms with Gasteiger partial charge < -0.3 is 10.3 Å². The topological polar surface area (TPSA) is 50.6 Å². The minimum Gasteiger partial charge on any atom is -0.355 e. The number of nitrogens with one attached hydrogen (secondary N) is 2. The first-order chi connectivity index (χ1) is 26.0. The molecule has 0 radical (unpaired) electrons. The lowest BCUT2D eigenvalue weighted by Gasteiger charge is -2.36. The molecule has 252 valence electrons. The van der Waals surface area contributed by atoms with E-state index in [1.165, 1.54) is 33.2 Å². The van der Waals surface area contributed by atoms with Gasteiger partial charge in [0.05, 0.1) is 5.52 Å². The van der Waals surface area contributed by atoms with E-state index in [1.54, 1.807) is 0 Å². The van der Waals surface area contributed by atoms with Crippen molar-refractivity contribution in [2.45, 2.75) is 19.3 Å². The molecule has 0 saturated heterocycles. The van der Waals surface area contributed by atoms with Crippen LogP contribution < -0.4 is 5.32 Å². The van der Waals surface area contributed by atoms with Crippen LogP contribution in [0.1, 0.15) is 25.0 Å². The number of nitrogens with zero attached hydrogens (tertiary/aromatic N) is 3. The summed E-state index contributed by atoms with van der Waals surface area (Å²) >= 11 is 0. The van der Waals surface area contributed by atoms with E-state index in [4.69, 9.17) is 4.98 Å². The number of hydrogen-bond acceptors (Lipinski definition) is 2. The van der Waals surface area contributed by atoms with Gasteiger partial charge in [-0.25, -0.2) is 4.98 Å². The Labute approximate surface area is 306 Å². The number of rotatable bonds is 4. The van der Waals surface area contributed by atoms with Gasteiger partial charge in [0.25, 0.3) is 0 Å². The van der Waals surface area contributed by atoms with Crippen LogP contribution in [-0.2, 0) is 5.41 Å². The number of para-hydroxylation sites is 3. The Kier molecular flexibility index (Phi) is 6.23. The zero-order valence-electron chi connectivity index (χ0n) is 29.4. The van der Waals surface area contributed by atoms with Crippen LogP contribution in [0.25, 0.3) is 77.8 Å². The second-order valence-corrected chi connectivity index (χ2v) is 14.7. The quantitative estimate of drug-likeness (QED) is 0.194. The predicted octanol–water partition coefficient (Wildman–Crippen LogP) is 12.3. The molecule has 1 aliphatic rings. The minimum atomic E-state index is -0.144. The van der Waals surface area contributed by atoms with Gasteiger partial charge >= 0.3 is 0 Å². The van der Waals surface area contributed by atoms with Crippen LogP contribution in [0.5, 0.6) is 0 Å². The van der Waals surface area contributed by atoms with Crippen molar-refractivity contribution in [3.63, 3.8) is 0 Å². The van der Waals surface area contributed by atoms with E-state index in [0.717, 1.165) is 67.1 Å². The molecule has 0 spiro atoms. The Morgan fingerprint density at radius 1 is 0.491 bits per heavy atom. The Morgan fingerprint density at radius 3 is 2.06 bits per heavy atom. The van der Waals surface area contributed by atoms with Gasteiger partial charge in [0.1, 0.15) is 11.3 Å². The molecule has 4 heterocycles. The molecular weight excluding hydrogens is 647 g/mol. The average Bonchev–Trinajstić information content (AvgIpc) is 3.86. The Hall–Kier alpha value is -6.85. The van der Waals surface area contributed by atoms with Gasteiger partial charge in [0, 0.05) is 60.9 Å². The molecule has 3 aromatic heterocycles. The highest BCUT2D eigenvalue weighted by atomic mass is 15.2. The summed E-state index contributed by atoms with van der Waals surface area (Å²) < 4.78 is 4.69. The fourth-order valence-electron chi connectivity index (χ4n) is 8.65. The zero-order chi connectivity index (χ0) is 35.3. The third-order valence-electron chi connectivity index (χ3n) is 11.2. The number of aromatic amines is 1. The first-order valence-electron chi connectivity index (χ1n) is 18.2. The van der Waals surface area contributed by atoms with Crippen molar-refractivity contribution >= 4 is 55.2 Å². The van der Waals surface area contributed by atoms with Crippen molar-refractivity contribution in [1.29, 1.82) is 0 Å². The van der Waals surface area contributed by atoms with Crippen molar-refractivity contribution in [1.82, 2.24) is 19.1 Å². The standard InChI is InChI=1S/C48H35N5/c1-48(2)38-21-10-12-23-41(38)50-42-25-24-32(27-39(42)48)31-16-13-19-34(26-31)53-45-37-28-43-36(35-20-9-11-22-40(35)49-43)29-44(37)52(33-17-7-4-8-18-33)47(45)51-46(53)30-14-5-3-6-15-30/h3-29,49-50H,1-2H3. The normalized spacial score (nSPS) is 13.4. The summed E-state index contributed by atoms with van der Waals surface area (Å²) in [6, 6.07) is 58.8. The molecule has 11 rings (SSSR count). The van der Waals surface area contributed by atoms with Gasteiger partial charge in [-0.3, -0.25) is 9.13 Å². The van der Waals surface area contributed by atoms with Crippen molar-refractivity contribution in [3.05, 3.63) is 175 Å². The fraction of sp³-hybridized carbons (Fsp3) is 0.0625. The van der Waals surface area contributed by atoms with E-state index >= 15 is 0 Å². The van der Waals surface area contributed by atoms with E-state index in [0.29, 0.717) is 0 Å². The first-order valence-corrected chi connectivity index (χ1v) is 18.2. The maximum Gasteiger partial charge on any atom is 0.165 e. The molecule has 0 amide bonds. The highest BCUT2D eigenvalue weighted by molar-refractivity contribution is 6.17. The van der Waals surface area contributed by atoms with Gasteiger partial charge in [-0.2, -0.15) is 0 Å². The maximum absolute atomic E-state index is 5.52.